The zero-order valence-electron chi connectivity index (χ0n) is 6.99. The molecule has 1 radical (unpaired) electrons. The smallest absolute Gasteiger partial charge is 0.306 e. The van der Waals surface area contributed by atoms with Gasteiger partial charge in [0, 0.05) is 6.42 Å². The highest BCUT2D eigenvalue weighted by Crippen LogP contribution is 2.03. The van der Waals surface area contributed by atoms with Crippen LogP contribution in [0.2, 0.25) is 0 Å². The molecule has 63 valence electrons. The van der Waals surface area contributed by atoms with Gasteiger partial charge in [0.05, 0.1) is 0 Å². The van der Waals surface area contributed by atoms with E-state index in [1.54, 1.807) is 6.92 Å². The number of benzene rings is 1. The summed E-state index contributed by atoms with van der Waals surface area (Å²) in [6.07, 6.45) is 0.406. The SMILES string of the molecule is CCC(=O)O[CH]c1ccccc1. The Kier molecular flexibility index (Phi) is 3.33. The van der Waals surface area contributed by atoms with Gasteiger partial charge in [-0.3, -0.25) is 4.79 Å². The van der Waals surface area contributed by atoms with Crippen molar-refractivity contribution in [3.8, 4) is 0 Å². The minimum absolute atomic E-state index is 0.209. The molecule has 0 N–H and O–H groups in total. The van der Waals surface area contributed by atoms with Crippen LogP contribution < -0.4 is 0 Å². The predicted octanol–water partition coefficient (Wildman–Crippen LogP) is 2.15. The third kappa shape index (κ3) is 2.74. The summed E-state index contributed by atoms with van der Waals surface area (Å²) in [7, 11) is 0. The lowest BCUT2D eigenvalue weighted by atomic mass is 10.2. The molecular formula is C10H11O2. The van der Waals surface area contributed by atoms with Crippen LogP contribution in [0.4, 0.5) is 0 Å². The average Bonchev–Trinajstić information content (AvgIpc) is 2.16. The van der Waals surface area contributed by atoms with Gasteiger partial charge in [-0.05, 0) is 5.56 Å². The van der Waals surface area contributed by atoms with Crippen molar-refractivity contribution in [3.05, 3.63) is 42.5 Å². The molecule has 1 aromatic rings. The van der Waals surface area contributed by atoms with Gasteiger partial charge in [0.25, 0.3) is 0 Å². The fourth-order valence-electron chi connectivity index (χ4n) is 0.749. The topological polar surface area (TPSA) is 26.3 Å². The van der Waals surface area contributed by atoms with Crippen molar-refractivity contribution < 1.29 is 9.53 Å². The zero-order valence-corrected chi connectivity index (χ0v) is 6.99. The number of hydrogen-bond donors (Lipinski definition) is 0. The fraction of sp³-hybridized carbons (Fsp3) is 0.200. The van der Waals surface area contributed by atoms with Gasteiger partial charge in [0.2, 0.25) is 0 Å². The van der Waals surface area contributed by atoms with Gasteiger partial charge >= 0.3 is 5.97 Å². The first-order valence-corrected chi connectivity index (χ1v) is 3.90. The van der Waals surface area contributed by atoms with Crippen LogP contribution in [0.5, 0.6) is 0 Å². The Morgan fingerprint density at radius 2 is 2.08 bits per heavy atom. The molecule has 2 nitrogen and oxygen atoms in total. The van der Waals surface area contributed by atoms with Gasteiger partial charge in [-0.25, -0.2) is 0 Å². The first kappa shape index (κ1) is 8.78. The predicted molar refractivity (Wildman–Crippen MR) is 46.2 cm³/mol. The van der Waals surface area contributed by atoms with Crippen molar-refractivity contribution in [2.75, 3.05) is 0 Å². The fourth-order valence-corrected chi connectivity index (χ4v) is 0.749. The molecule has 0 amide bonds. The number of carbonyl (C=O) groups excluding carboxylic acids is 1. The maximum absolute atomic E-state index is 10.7. The minimum atomic E-state index is -0.209. The van der Waals surface area contributed by atoms with Gasteiger partial charge < -0.3 is 4.74 Å². The Morgan fingerprint density at radius 1 is 1.42 bits per heavy atom. The maximum Gasteiger partial charge on any atom is 0.306 e. The second-order valence-electron chi connectivity index (χ2n) is 2.37. The zero-order chi connectivity index (χ0) is 8.81. The van der Waals surface area contributed by atoms with Crippen molar-refractivity contribution in [1.82, 2.24) is 0 Å². The molecule has 0 bridgehead atoms. The lowest BCUT2D eigenvalue weighted by Crippen LogP contribution is -1.99. The molecule has 2 heteroatoms. The highest BCUT2D eigenvalue weighted by molar-refractivity contribution is 5.69. The average molecular weight is 163 g/mol. The van der Waals surface area contributed by atoms with Crippen molar-refractivity contribution in [2.45, 2.75) is 13.3 Å². The van der Waals surface area contributed by atoms with Crippen LogP contribution in [0.15, 0.2) is 30.3 Å². The van der Waals surface area contributed by atoms with Crippen molar-refractivity contribution in [1.29, 1.82) is 0 Å². The van der Waals surface area contributed by atoms with Crippen LogP contribution in [-0.2, 0) is 9.53 Å². The van der Waals surface area contributed by atoms with Crippen molar-refractivity contribution >= 4 is 5.97 Å². The van der Waals surface area contributed by atoms with Crippen LogP contribution in [-0.4, -0.2) is 5.97 Å². The largest absolute Gasteiger partial charge is 0.453 e. The summed E-state index contributed by atoms with van der Waals surface area (Å²) in [5, 5.41) is 0. The van der Waals surface area contributed by atoms with E-state index < -0.39 is 0 Å². The Balaban J connectivity index is 2.38. The van der Waals surface area contributed by atoms with Crippen LogP contribution >= 0.6 is 0 Å². The van der Waals surface area contributed by atoms with E-state index >= 15 is 0 Å². The Bertz CT molecular complexity index is 241. The molecule has 0 unspecified atom stereocenters. The van der Waals surface area contributed by atoms with E-state index in [-0.39, 0.29) is 5.97 Å². The molecule has 0 aliphatic carbocycles. The van der Waals surface area contributed by atoms with E-state index in [1.165, 1.54) is 6.61 Å². The molecule has 0 spiro atoms. The summed E-state index contributed by atoms with van der Waals surface area (Å²) in [6.45, 7) is 3.23. The Hall–Kier alpha value is -1.31. The minimum Gasteiger partial charge on any atom is -0.453 e. The standard InChI is InChI=1S/C10H11O2/c1-2-10(11)12-8-9-6-4-3-5-7-9/h3-8H,2H2,1H3. The maximum atomic E-state index is 10.7. The molecule has 1 aromatic carbocycles. The monoisotopic (exact) mass is 163 g/mol. The van der Waals surface area contributed by atoms with Crippen molar-refractivity contribution in [3.63, 3.8) is 0 Å². The highest BCUT2D eigenvalue weighted by Gasteiger charge is 1.98. The quantitative estimate of drug-likeness (QED) is 0.638. The number of hydrogen-bond acceptors (Lipinski definition) is 2. The third-order valence-electron chi connectivity index (χ3n) is 1.41. The van der Waals surface area contributed by atoms with E-state index in [9.17, 15) is 4.79 Å². The molecule has 0 saturated carbocycles. The van der Waals surface area contributed by atoms with E-state index in [1.807, 2.05) is 30.3 Å². The first-order valence-electron chi connectivity index (χ1n) is 3.90. The number of ether oxygens (including phenoxy) is 1. The molecule has 0 aliphatic rings. The number of carbonyl (C=O) groups is 1. The molecule has 0 heterocycles. The molecule has 0 aromatic heterocycles. The summed E-state index contributed by atoms with van der Waals surface area (Å²) in [4.78, 5) is 10.7. The normalized spacial score (nSPS) is 9.42. The number of esters is 1. The van der Waals surface area contributed by atoms with Gasteiger partial charge in [0.15, 0.2) is 6.61 Å². The van der Waals surface area contributed by atoms with Crippen LogP contribution in [0.3, 0.4) is 0 Å². The van der Waals surface area contributed by atoms with Crippen LogP contribution in [0.1, 0.15) is 18.9 Å². The summed E-state index contributed by atoms with van der Waals surface area (Å²) < 4.78 is 4.81. The Morgan fingerprint density at radius 3 is 2.67 bits per heavy atom. The van der Waals surface area contributed by atoms with E-state index in [2.05, 4.69) is 0 Å². The van der Waals surface area contributed by atoms with E-state index in [4.69, 9.17) is 4.74 Å². The molecule has 0 atom stereocenters. The second kappa shape index (κ2) is 4.54. The third-order valence-corrected chi connectivity index (χ3v) is 1.41. The summed E-state index contributed by atoms with van der Waals surface area (Å²) in [6, 6.07) is 9.46. The second-order valence-corrected chi connectivity index (χ2v) is 2.37. The van der Waals surface area contributed by atoms with Gasteiger partial charge in [-0.15, -0.1) is 0 Å². The Labute approximate surface area is 72.2 Å². The number of rotatable bonds is 3. The molecule has 0 saturated heterocycles. The summed E-state index contributed by atoms with van der Waals surface area (Å²) in [5.41, 5.74) is 0.902. The highest BCUT2D eigenvalue weighted by atomic mass is 16.5. The van der Waals surface area contributed by atoms with Crippen molar-refractivity contribution in [2.24, 2.45) is 0 Å². The van der Waals surface area contributed by atoms with Crippen LogP contribution in [0, 0.1) is 6.61 Å². The first-order chi connectivity index (χ1) is 5.83. The molecule has 0 fully saturated rings. The van der Waals surface area contributed by atoms with Gasteiger partial charge in [-0.1, -0.05) is 37.3 Å². The van der Waals surface area contributed by atoms with Gasteiger partial charge in [-0.2, -0.15) is 0 Å². The van der Waals surface area contributed by atoms with E-state index in [0.717, 1.165) is 5.56 Å². The van der Waals surface area contributed by atoms with Gasteiger partial charge in [0.1, 0.15) is 0 Å². The molecule has 12 heavy (non-hydrogen) atoms. The molecule has 0 aliphatic heterocycles. The lowest BCUT2D eigenvalue weighted by Gasteiger charge is -2.00. The van der Waals surface area contributed by atoms with E-state index in [0.29, 0.717) is 6.42 Å². The molecular weight excluding hydrogens is 152 g/mol. The lowest BCUT2D eigenvalue weighted by molar-refractivity contribution is -0.139. The van der Waals surface area contributed by atoms with Crippen LogP contribution in [0.25, 0.3) is 0 Å². The summed E-state index contributed by atoms with van der Waals surface area (Å²) in [5.74, 6) is -0.209. The molecule has 1 rings (SSSR count). The summed E-state index contributed by atoms with van der Waals surface area (Å²) >= 11 is 0.